The van der Waals surface area contributed by atoms with Crippen molar-refractivity contribution < 1.29 is 4.42 Å². The summed E-state index contributed by atoms with van der Waals surface area (Å²) in [6, 6.07) is 6.33. The Morgan fingerprint density at radius 3 is 2.78 bits per heavy atom. The molecular weight excluding hydrogens is 312 g/mol. The average molecular weight is 329 g/mol. The number of anilines is 1. The van der Waals surface area contributed by atoms with E-state index in [1.165, 1.54) is 23.0 Å². The lowest BCUT2D eigenvalue weighted by Gasteiger charge is -2.39. The zero-order valence-electron chi connectivity index (χ0n) is 13.0. The van der Waals surface area contributed by atoms with E-state index >= 15 is 0 Å². The second-order valence-corrected chi connectivity index (χ2v) is 6.65. The number of fused-ring (bicyclic) bond motifs is 1. The van der Waals surface area contributed by atoms with Crippen LogP contribution < -0.4 is 4.90 Å². The summed E-state index contributed by atoms with van der Waals surface area (Å²) in [5.41, 5.74) is 2.48. The Bertz CT molecular complexity index is 841. The SMILES string of the molecule is CC(C)c1ccc(N2CC(c3nnco3)C2)c2cnc(Cl)cc12. The molecule has 0 atom stereocenters. The Morgan fingerprint density at radius 1 is 1.26 bits per heavy atom. The van der Waals surface area contributed by atoms with Crippen molar-refractivity contribution in [2.45, 2.75) is 25.7 Å². The molecule has 23 heavy (non-hydrogen) atoms. The van der Waals surface area contributed by atoms with Crippen molar-refractivity contribution in [3.8, 4) is 0 Å². The summed E-state index contributed by atoms with van der Waals surface area (Å²) in [5, 5.41) is 10.6. The third-order valence-electron chi connectivity index (χ3n) is 4.45. The van der Waals surface area contributed by atoms with E-state index in [1.807, 2.05) is 12.3 Å². The zero-order chi connectivity index (χ0) is 16.0. The third-order valence-corrected chi connectivity index (χ3v) is 4.66. The molecule has 118 valence electrons. The van der Waals surface area contributed by atoms with E-state index in [0.29, 0.717) is 22.9 Å². The lowest BCUT2D eigenvalue weighted by atomic mass is 9.93. The van der Waals surface area contributed by atoms with Gasteiger partial charge in [-0.2, -0.15) is 0 Å². The second kappa shape index (κ2) is 5.49. The number of pyridine rings is 1. The van der Waals surface area contributed by atoms with Crippen LogP contribution in [0.3, 0.4) is 0 Å². The predicted molar refractivity (Wildman–Crippen MR) is 90.1 cm³/mol. The first-order valence-corrected chi connectivity index (χ1v) is 8.10. The van der Waals surface area contributed by atoms with Crippen molar-refractivity contribution in [1.29, 1.82) is 0 Å². The molecule has 0 amide bonds. The predicted octanol–water partition coefficient (Wildman–Crippen LogP) is 4.00. The number of benzene rings is 1. The normalized spacial score (nSPS) is 15.4. The molecular formula is C17H17ClN4O. The Kier molecular flexibility index (Phi) is 3.45. The number of hydrogen-bond acceptors (Lipinski definition) is 5. The average Bonchev–Trinajstić information content (AvgIpc) is 2.99. The summed E-state index contributed by atoms with van der Waals surface area (Å²) < 4.78 is 5.30. The summed E-state index contributed by atoms with van der Waals surface area (Å²) in [6.07, 6.45) is 3.26. The van der Waals surface area contributed by atoms with Gasteiger partial charge in [0, 0.05) is 30.4 Å². The van der Waals surface area contributed by atoms with Crippen molar-refractivity contribution in [2.24, 2.45) is 0 Å². The number of halogens is 1. The molecule has 4 rings (SSSR count). The van der Waals surface area contributed by atoms with Crippen LogP contribution >= 0.6 is 11.6 Å². The van der Waals surface area contributed by atoms with Crippen molar-refractivity contribution in [3.05, 3.63) is 47.4 Å². The fourth-order valence-electron chi connectivity index (χ4n) is 3.19. The fourth-order valence-corrected chi connectivity index (χ4v) is 3.35. The van der Waals surface area contributed by atoms with Crippen LogP contribution in [0.1, 0.15) is 37.1 Å². The van der Waals surface area contributed by atoms with Gasteiger partial charge in [0.05, 0.1) is 5.92 Å². The molecule has 1 aromatic carbocycles. The molecule has 6 heteroatoms. The fraction of sp³-hybridized carbons (Fsp3) is 0.353. The topological polar surface area (TPSA) is 55.1 Å². The molecule has 1 fully saturated rings. The summed E-state index contributed by atoms with van der Waals surface area (Å²) >= 11 is 6.11. The number of hydrogen-bond donors (Lipinski definition) is 0. The van der Waals surface area contributed by atoms with Crippen molar-refractivity contribution in [3.63, 3.8) is 0 Å². The maximum absolute atomic E-state index is 6.11. The third kappa shape index (κ3) is 2.45. The molecule has 5 nitrogen and oxygen atoms in total. The second-order valence-electron chi connectivity index (χ2n) is 6.26. The standard InChI is InChI=1S/C17H17ClN4O/c1-10(2)12-3-4-15(14-6-19-16(18)5-13(12)14)22-7-11(8-22)17-21-20-9-23-17/h3-6,9-11H,7-8H2,1-2H3. The van der Waals surface area contributed by atoms with E-state index in [2.05, 4.69) is 46.1 Å². The molecule has 0 radical (unpaired) electrons. The highest BCUT2D eigenvalue weighted by Gasteiger charge is 2.33. The van der Waals surface area contributed by atoms with Gasteiger partial charge in [0.15, 0.2) is 0 Å². The maximum Gasteiger partial charge on any atom is 0.222 e. The smallest absolute Gasteiger partial charge is 0.222 e. The minimum Gasteiger partial charge on any atom is -0.428 e. The van der Waals surface area contributed by atoms with Gasteiger partial charge in [0.25, 0.3) is 0 Å². The van der Waals surface area contributed by atoms with E-state index in [-0.39, 0.29) is 0 Å². The molecule has 3 aromatic rings. The molecule has 0 aliphatic carbocycles. The van der Waals surface area contributed by atoms with Crippen LogP contribution in [0.15, 0.2) is 35.2 Å². The van der Waals surface area contributed by atoms with E-state index in [9.17, 15) is 0 Å². The minimum absolute atomic E-state index is 0.303. The van der Waals surface area contributed by atoms with Crippen molar-refractivity contribution in [2.75, 3.05) is 18.0 Å². The van der Waals surface area contributed by atoms with Crippen LogP contribution in [-0.4, -0.2) is 28.3 Å². The van der Waals surface area contributed by atoms with E-state index in [1.54, 1.807) is 0 Å². The number of nitrogens with zero attached hydrogens (tertiary/aromatic N) is 4. The van der Waals surface area contributed by atoms with Crippen LogP contribution in [0.25, 0.3) is 10.8 Å². The first kappa shape index (κ1) is 14.5. The summed E-state index contributed by atoms with van der Waals surface area (Å²) in [6.45, 7) is 6.14. The molecule has 3 heterocycles. The van der Waals surface area contributed by atoms with Gasteiger partial charge in [0.2, 0.25) is 12.3 Å². The number of aromatic nitrogens is 3. The van der Waals surface area contributed by atoms with E-state index in [4.69, 9.17) is 16.0 Å². The summed E-state index contributed by atoms with van der Waals surface area (Å²) in [7, 11) is 0. The van der Waals surface area contributed by atoms with Gasteiger partial charge in [0.1, 0.15) is 5.15 Å². The molecule has 0 unspecified atom stereocenters. The molecule has 1 saturated heterocycles. The molecule has 0 spiro atoms. The first-order valence-electron chi connectivity index (χ1n) is 7.72. The molecule has 1 aliphatic rings. The lowest BCUT2D eigenvalue weighted by Crippen LogP contribution is -2.45. The van der Waals surface area contributed by atoms with Crippen molar-refractivity contribution in [1.82, 2.24) is 15.2 Å². The van der Waals surface area contributed by atoms with Gasteiger partial charge in [-0.25, -0.2) is 4.98 Å². The Hall–Kier alpha value is -2.14. The highest BCUT2D eigenvalue weighted by molar-refractivity contribution is 6.30. The number of rotatable bonds is 3. The largest absolute Gasteiger partial charge is 0.428 e. The van der Waals surface area contributed by atoms with Crippen LogP contribution in [0.4, 0.5) is 5.69 Å². The monoisotopic (exact) mass is 328 g/mol. The van der Waals surface area contributed by atoms with Gasteiger partial charge >= 0.3 is 0 Å². The molecule has 0 N–H and O–H groups in total. The van der Waals surface area contributed by atoms with Crippen LogP contribution in [0, 0.1) is 0 Å². The molecule has 1 aliphatic heterocycles. The molecule has 0 saturated carbocycles. The van der Waals surface area contributed by atoms with Crippen LogP contribution in [-0.2, 0) is 0 Å². The Labute approximate surface area is 139 Å². The van der Waals surface area contributed by atoms with Gasteiger partial charge in [-0.05, 0) is 29.0 Å². The van der Waals surface area contributed by atoms with E-state index in [0.717, 1.165) is 18.5 Å². The van der Waals surface area contributed by atoms with Crippen molar-refractivity contribution >= 4 is 28.1 Å². The quantitative estimate of drug-likeness (QED) is 0.680. The Morgan fingerprint density at radius 2 is 2.09 bits per heavy atom. The van der Waals surface area contributed by atoms with Gasteiger partial charge in [-0.1, -0.05) is 31.5 Å². The van der Waals surface area contributed by atoms with Gasteiger partial charge in [-0.15, -0.1) is 10.2 Å². The van der Waals surface area contributed by atoms with Crippen LogP contribution in [0.5, 0.6) is 0 Å². The summed E-state index contributed by atoms with van der Waals surface area (Å²) in [5.74, 6) is 1.45. The highest BCUT2D eigenvalue weighted by Crippen LogP contribution is 2.38. The Balaban J connectivity index is 1.70. The lowest BCUT2D eigenvalue weighted by molar-refractivity contribution is 0.396. The van der Waals surface area contributed by atoms with Gasteiger partial charge in [-0.3, -0.25) is 0 Å². The molecule has 0 bridgehead atoms. The maximum atomic E-state index is 6.11. The van der Waals surface area contributed by atoms with E-state index < -0.39 is 0 Å². The van der Waals surface area contributed by atoms with Gasteiger partial charge < -0.3 is 9.32 Å². The molecule has 2 aromatic heterocycles. The highest BCUT2D eigenvalue weighted by atomic mass is 35.5. The zero-order valence-corrected chi connectivity index (χ0v) is 13.8. The first-order chi connectivity index (χ1) is 11.1. The van der Waals surface area contributed by atoms with Crippen LogP contribution in [0.2, 0.25) is 5.15 Å². The summed E-state index contributed by atoms with van der Waals surface area (Å²) in [4.78, 5) is 6.59. The minimum atomic E-state index is 0.303.